The number of likely N-dealkylation sites (tertiary alicyclic amines) is 1. The van der Waals surface area contributed by atoms with Crippen LogP contribution in [-0.2, 0) is 28.6 Å². The molecule has 5 atom stereocenters. The molecule has 2 N–H and O–H groups in total. The van der Waals surface area contributed by atoms with E-state index in [0.29, 0.717) is 39.1 Å². The third-order valence-electron chi connectivity index (χ3n) is 8.20. The number of morpholine rings is 1. The van der Waals surface area contributed by atoms with Gasteiger partial charge in [-0.15, -0.1) is 0 Å². The number of carbonyl (C=O) groups excluding carboxylic acids is 3. The van der Waals surface area contributed by atoms with Crippen LogP contribution in [0.15, 0.2) is 0 Å². The number of aliphatic hydroxyl groups is 1. The van der Waals surface area contributed by atoms with Crippen LogP contribution in [0.1, 0.15) is 52.4 Å². The lowest BCUT2D eigenvalue weighted by atomic mass is 9.66. The molecule has 4 aliphatic rings. The molecular formula is C25H41N3O7. The Kier molecular flexibility index (Phi) is 8.35. The van der Waals surface area contributed by atoms with Gasteiger partial charge in [-0.05, 0) is 39.5 Å². The van der Waals surface area contributed by atoms with Crippen molar-refractivity contribution in [3.8, 4) is 0 Å². The van der Waals surface area contributed by atoms with Crippen molar-refractivity contribution >= 4 is 17.8 Å². The Morgan fingerprint density at radius 3 is 2.60 bits per heavy atom. The van der Waals surface area contributed by atoms with Crippen molar-refractivity contribution in [1.82, 2.24) is 15.1 Å². The molecule has 10 nitrogen and oxygen atoms in total. The average Bonchev–Trinajstić information content (AvgIpc) is 3.40. The lowest BCUT2D eigenvalue weighted by Crippen LogP contribution is -2.56. The van der Waals surface area contributed by atoms with Gasteiger partial charge in [0, 0.05) is 39.3 Å². The maximum atomic E-state index is 13.8. The SMILES string of the molecule is CCOC(=O)[C@@H]1[C@H]2C(=O)N(CCCCCCO)C(C(=O)NCCN3CCOCC3)C23CC[C@@]1(C)O3. The van der Waals surface area contributed by atoms with Crippen LogP contribution in [0.5, 0.6) is 0 Å². The normalized spacial score (nSPS) is 34.3. The molecule has 0 aromatic heterocycles. The van der Waals surface area contributed by atoms with Gasteiger partial charge < -0.3 is 29.5 Å². The van der Waals surface area contributed by atoms with Crippen LogP contribution in [0.25, 0.3) is 0 Å². The molecule has 0 saturated carbocycles. The largest absolute Gasteiger partial charge is 0.466 e. The van der Waals surface area contributed by atoms with Crippen molar-refractivity contribution in [3.63, 3.8) is 0 Å². The topological polar surface area (TPSA) is 118 Å². The number of nitrogens with zero attached hydrogens (tertiary/aromatic N) is 2. The Hall–Kier alpha value is -1.75. The monoisotopic (exact) mass is 495 g/mol. The van der Waals surface area contributed by atoms with E-state index in [4.69, 9.17) is 19.3 Å². The third kappa shape index (κ3) is 4.95. The number of nitrogens with one attached hydrogen (secondary N) is 1. The van der Waals surface area contributed by atoms with Crippen LogP contribution in [-0.4, -0.2) is 109 Å². The average molecular weight is 496 g/mol. The molecule has 2 amide bonds. The number of rotatable bonds is 12. The van der Waals surface area contributed by atoms with E-state index in [9.17, 15) is 14.4 Å². The van der Waals surface area contributed by atoms with Gasteiger partial charge in [-0.25, -0.2) is 0 Å². The van der Waals surface area contributed by atoms with Crippen molar-refractivity contribution in [2.24, 2.45) is 11.8 Å². The minimum absolute atomic E-state index is 0.148. The summed E-state index contributed by atoms with van der Waals surface area (Å²) < 4.78 is 17.3. The standard InChI is InChI=1S/C25H41N3O7/c1-3-34-23(32)19-18-22(31)28(11-6-4-5-7-15-29)20(25(18)9-8-24(19,2)35-25)21(30)26-10-12-27-13-16-33-17-14-27/h18-20,29H,3-17H2,1-2H3,(H,26,30)/t18-,19-,20?,24+,25?/m0/s1. The van der Waals surface area contributed by atoms with Gasteiger partial charge in [-0.2, -0.15) is 0 Å². The zero-order valence-corrected chi connectivity index (χ0v) is 21.1. The first-order valence-corrected chi connectivity index (χ1v) is 13.2. The fraction of sp³-hybridized carbons (Fsp3) is 0.880. The second-order valence-corrected chi connectivity index (χ2v) is 10.4. The van der Waals surface area contributed by atoms with Crippen LogP contribution in [0.3, 0.4) is 0 Å². The Bertz CT molecular complexity index is 789. The van der Waals surface area contributed by atoms with Gasteiger partial charge in [0.15, 0.2) is 0 Å². The van der Waals surface area contributed by atoms with E-state index in [-0.39, 0.29) is 25.0 Å². The maximum Gasteiger partial charge on any atom is 0.312 e. The maximum absolute atomic E-state index is 13.8. The molecule has 1 spiro atoms. The smallest absolute Gasteiger partial charge is 0.312 e. The van der Waals surface area contributed by atoms with Crippen LogP contribution in [0.2, 0.25) is 0 Å². The summed E-state index contributed by atoms with van der Waals surface area (Å²) in [5.41, 5.74) is -1.80. The first-order valence-electron chi connectivity index (χ1n) is 13.2. The van der Waals surface area contributed by atoms with Gasteiger partial charge in [0.05, 0.1) is 31.3 Å². The molecule has 4 heterocycles. The summed E-state index contributed by atoms with van der Waals surface area (Å²) in [4.78, 5) is 44.3. The van der Waals surface area contributed by atoms with E-state index in [1.54, 1.807) is 11.8 Å². The van der Waals surface area contributed by atoms with Gasteiger partial charge in [0.25, 0.3) is 0 Å². The number of hydrogen-bond acceptors (Lipinski definition) is 8. The minimum Gasteiger partial charge on any atom is -0.466 e. The quantitative estimate of drug-likeness (QED) is 0.294. The fourth-order valence-corrected chi connectivity index (χ4v) is 6.56. The fourth-order valence-electron chi connectivity index (χ4n) is 6.56. The van der Waals surface area contributed by atoms with Crippen molar-refractivity contribution in [1.29, 1.82) is 0 Å². The summed E-state index contributed by atoms with van der Waals surface area (Å²) >= 11 is 0. The molecular weight excluding hydrogens is 454 g/mol. The number of carbonyl (C=O) groups is 3. The van der Waals surface area contributed by atoms with E-state index >= 15 is 0 Å². The van der Waals surface area contributed by atoms with Crippen LogP contribution < -0.4 is 5.32 Å². The summed E-state index contributed by atoms with van der Waals surface area (Å²) in [5, 5.41) is 12.1. The molecule has 35 heavy (non-hydrogen) atoms. The van der Waals surface area contributed by atoms with E-state index in [1.807, 2.05) is 6.92 Å². The third-order valence-corrected chi connectivity index (χ3v) is 8.20. The Labute approximate surface area is 207 Å². The van der Waals surface area contributed by atoms with Gasteiger partial charge in [-0.1, -0.05) is 12.8 Å². The molecule has 4 saturated heterocycles. The highest BCUT2D eigenvalue weighted by atomic mass is 16.6. The molecule has 2 bridgehead atoms. The van der Waals surface area contributed by atoms with Crippen LogP contribution >= 0.6 is 0 Å². The van der Waals surface area contributed by atoms with Gasteiger partial charge >= 0.3 is 5.97 Å². The van der Waals surface area contributed by atoms with Crippen LogP contribution in [0, 0.1) is 11.8 Å². The zero-order valence-electron chi connectivity index (χ0n) is 21.1. The van der Waals surface area contributed by atoms with E-state index in [0.717, 1.165) is 45.3 Å². The van der Waals surface area contributed by atoms with Gasteiger partial charge in [-0.3, -0.25) is 19.3 Å². The van der Waals surface area contributed by atoms with Crippen molar-refractivity contribution in [3.05, 3.63) is 0 Å². The lowest BCUT2D eigenvalue weighted by Gasteiger charge is -2.34. The molecule has 4 fully saturated rings. The Morgan fingerprint density at radius 1 is 1.14 bits per heavy atom. The first-order chi connectivity index (χ1) is 16.9. The van der Waals surface area contributed by atoms with Crippen molar-refractivity contribution in [2.75, 3.05) is 59.2 Å². The molecule has 0 aliphatic carbocycles. The summed E-state index contributed by atoms with van der Waals surface area (Å²) in [7, 11) is 0. The van der Waals surface area contributed by atoms with Gasteiger partial charge in [0.2, 0.25) is 11.8 Å². The number of fused-ring (bicyclic) bond motifs is 1. The second kappa shape index (κ2) is 11.1. The number of esters is 1. The van der Waals surface area contributed by atoms with Crippen molar-refractivity contribution in [2.45, 2.75) is 69.6 Å². The summed E-state index contributed by atoms with van der Waals surface area (Å²) in [5.74, 6) is -2.20. The summed E-state index contributed by atoms with van der Waals surface area (Å²) in [6, 6.07) is -0.760. The highest BCUT2D eigenvalue weighted by Crippen LogP contribution is 2.63. The number of unbranched alkanes of at least 4 members (excludes halogenated alkanes) is 3. The molecule has 198 valence electrons. The van der Waals surface area contributed by atoms with E-state index in [1.165, 1.54) is 0 Å². The number of aliphatic hydroxyl groups excluding tert-OH is 1. The number of hydrogen-bond donors (Lipinski definition) is 2. The molecule has 0 aromatic carbocycles. The highest BCUT2D eigenvalue weighted by molar-refractivity contribution is 5.98. The zero-order chi connectivity index (χ0) is 25.1. The molecule has 0 aromatic rings. The summed E-state index contributed by atoms with van der Waals surface area (Å²) in [6.07, 6.45) is 4.35. The highest BCUT2D eigenvalue weighted by Gasteiger charge is 2.78. The Morgan fingerprint density at radius 2 is 1.89 bits per heavy atom. The number of ether oxygens (including phenoxy) is 3. The van der Waals surface area contributed by atoms with E-state index < -0.39 is 35.0 Å². The lowest BCUT2D eigenvalue weighted by molar-refractivity contribution is -0.159. The predicted molar refractivity (Wildman–Crippen MR) is 126 cm³/mol. The molecule has 10 heteroatoms. The molecule has 0 radical (unpaired) electrons. The van der Waals surface area contributed by atoms with Crippen LogP contribution in [0.4, 0.5) is 0 Å². The van der Waals surface area contributed by atoms with Gasteiger partial charge in [0.1, 0.15) is 17.6 Å². The Balaban J connectivity index is 1.51. The first kappa shape index (κ1) is 26.3. The van der Waals surface area contributed by atoms with E-state index in [2.05, 4.69) is 10.2 Å². The van der Waals surface area contributed by atoms with Crippen molar-refractivity contribution < 1.29 is 33.7 Å². The molecule has 4 aliphatic heterocycles. The molecule has 2 unspecified atom stereocenters. The predicted octanol–water partition coefficient (Wildman–Crippen LogP) is 0.315. The minimum atomic E-state index is -1.00. The second-order valence-electron chi connectivity index (χ2n) is 10.4. The summed E-state index contributed by atoms with van der Waals surface area (Å²) in [6.45, 7) is 8.72. The molecule has 4 rings (SSSR count). The number of amides is 2.